The maximum absolute atomic E-state index is 5.06. The monoisotopic (exact) mass is 283 g/mol. The van der Waals surface area contributed by atoms with Crippen LogP contribution >= 0.6 is 0 Å². The molecule has 0 atom stereocenters. The molecule has 0 aliphatic heterocycles. The van der Waals surface area contributed by atoms with E-state index < -0.39 is 0 Å². The van der Waals surface area contributed by atoms with Crippen molar-refractivity contribution in [2.45, 2.75) is 12.8 Å². The van der Waals surface area contributed by atoms with Gasteiger partial charge in [0.15, 0.2) is 0 Å². The zero-order valence-corrected chi connectivity index (χ0v) is 11.8. The molecule has 21 heavy (non-hydrogen) atoms. The zero-order chi connectivity index (χ0) is 14.5. The lowest BCUT2D eigenvalue weighted by Gasteiger charge is -2.04. The smallest absolute Gasteiger partial charge is 0.225 e. The number of benzene rings is 1. The van der Waals surface area contributed by atoms with E-state index in [2.05, 4.69) is 25.3 Å². The highest BCUT2D eigenvalue weighted by atomic mass is 16.5. The maximum atomic E-state index is 5.06. The molecule has 108 valence electrons. The number of nitrogens with one attached hydrogen (secondary N) is 2. The topological polar surface area (TPSA) is 75.7 Å². The van der Waals surface area contributed by atoms with Gasteiger partial charge < -0.3 is 15.0 Å². The molecule has 0 amide bonds. The lowest BCUT2D eigenvalue weighted by molar-refractivity contribution is 0.397. The summed E-state index contributed by atoms with van der Waals surface area (Å²) < 4.78 is 5.06. The Morgan fingerprint density at radius 2 is 2.10 bits per heavy atom. The van der Waals surface area contributed by atoms with Crippen molar-refractivity contribution in [2.24, 2.45) is 0 Å². The average Bonchev–Trinajstić information content (AvgIpc) is 2.94. The first kappa shape index (κ1) is 13.4. The van der Waals surface area contributed by atoms with Crippen LogP contribution in [0, 0.1) is 0 Å². The number of rotatable bonds is 6. The van der Waals surface area contributed by atoms with Crippen molar-refractivity contribution in [1.29, 1.82) is 0 Å². The fraction of sp³-hybridized carbons (Fsp3) is 0.267. The standard InChI is InChI=1S/C15H17N5O/c1-21-14-8-10-17-15(20-14)16-9-4-7-13-18-11-5-2-3-6-12(11)19-13/h2-3,5-6,8,10H,4,7,9H2,1H3,(H,18,19)(H,16,17,20). The van der Waals surface area contributed by atoms with E-state index in [4.69, 9.17) is 4.74 Å². The Kier molecular flexibility index (Phi) is 3.95. The van der Waals surface area contributed by atoms with E-state index >= 15 is 0 Å². The molecule has 2 N–H and O–H groups in total. The normalized spacial score (nSPS) is 10.7. The summed E-state index contributed by atoms with van der Waals surface area (Å²) in [7, 11) is 1.59. The SMILES string of the molecule is COc1ccnc(NCCCc2nc3ccccc3[nH]2)n1. The number of para-hydroxylation sites is 2. The fourth-order valence-electron chi connectivity index (χ4n) is 2.12. The van der Waals surface area contributed by atoms with Crippen molar-refractivity contribution in [1.82, 2.24) is 19.9 Å². The van der Waals surface area contributed by atoms with Crippen LogP contribution in [0.5, 0.6) is 5.88 Å². The van der Waals surface area contributed by atoms with E-state index in [0.717, 1.165) is 36.2 Å². The third kappa shape index (κ3) is 3.28. The summed E-state index contributed by atoms with van der Waals surface area (Å²) in [4.78, 5) is 16.2. The van der Waals surface area contributed by atoms with Crippen LogP contribution in [0.15, 0.2) is 36.5 Å². The van der Waals surface area contributed by atoms with Crippen molar-refractivity contribution in [3.05, 3.63) is 42.4 Å². The third-order valence-electron chi connectivity index (χ3n) is 3.15. The first-order chi connectivity index (χ1) is 10.3. The highest BCUT2D eigenvalue weighted by Gasteiger charge is 2.02. The van der Waals surface area contributed by atoms with Gasteiger partial charge in [0.25, 0.3) is 0 Å². The lowest BCUT2D eigenvalue weighted by Crippen LogP contribution is -2.07. The van der Waals surface area contributed by atoms with Gasteiger partial charge in [0.05, 0.1) is 18.1 Å². The number of hydrogen-bond donors (Lipinski definition) is 2. The van der Waals surface area contributed by atoms with Gasteiger partial charge in [-0.25, -0.2) is 9.97 Å². The van der Waals surface area contributed by atoms with Crippen molar-refractivity contribution < 1.29 is 4.74 Å². The Balaban J connectivity index is 1.51. The first-order valence-corrected chi connectivity index (χ1v) is 6.90. The minimum absolute atomic E-state index is 0.560. The second-order valence-corrected chi connectivity index (χ2v) is 4.65. The molecule has 6 nitrogen and oxygen atoms in total. The average molecular weight is 283 g/mol. The molecule has 0 saturated heterocycles. The number of aryl methyl sites for hydroxylation is 1. The number of aromatic nitrogens is 4. The second kappa shape index (κ2) is 6.21. The maximum Gasteiger partial charge on any atom is 0.225 e. The van der Waals surface area contributed by atoms with Gasteiger partial charge in [0.1, 0.15) is 5.82 Å². The number of methoxy groups -OCH3 is 1. The van der Waals surface area contributed by atoms with E-state index in [-0.39, 0.29) is 0 Å². The summed E-state index contributed by atoms with van der Waals surface area (Å²) in [6, 6.07) is 9.77. The molecule has 0 fully saturated rings. The number of ether oxygens (including phenoxy) is 1. The van der Waals surface area contributed by atoms with Crippen LogP contribution in [-0.4, -0.2) is 33.6 Å². The summed E-state index contributed by atoms with van der Waals surface area (Å²) >= 11 is 0. The van der Waals surface area contributed by atoms with Crippen LogP contribution in [0.1, 0.15) is 12.2 Å². The highest BCUT2D eigenvalue weighted by Crippen LogP contribution is 2.11. The largest absolute Gasteiger partial charge is 0.481 e. The Bertz CT molecular complexity index is 692. The number of fused-ring (bicyclic) bond motifs is 1. The Hall–Kier alpha value is -2.63. The molecule has 1 aromatic carbocycles. The fourth-order valence-corrected chi connectivity index (χ4v) is 2.12. The minimum Gasteiger partial charge on any atom is -0.481 e. The van der Waals surface area contributed by atoms with Crippen LogP contribution in [-0.2, 0) is 6.42 Å². The molecule has 0 unspecified atom stereocenters. The molecule has 0 saturated carbocycles. The first-order valence-electron chi connectivity index (χ1n) is 6.90. The van der Waals surface area contributed by atoms with Gasteiger partial charge in [0, 0.05) is 25.2 Å². The van der Waals surface area contributed by atoms with Crippen molar-refractivity contribution in [2.75, 3.05) is 19.0 Å². The third-order valence-corrected chi connectivity index (χ3v) is 3.15. The molecule has 0 spiro atoms. The van der Waals surface area contributed by atoms with Crippen LogP contribution < -0.4 is 10.1 Å². The summed E-state index contributed by atoms with van der Waals surface area (Å²) in [5, 5.41) is 3.18. The Morgan fingerprint density at radius 3 is 2.95 bits per heavy atom. The molecule has 0 aliphatic carbocycles. The van der Waals surface area contributed by atoms with Gasteiger partial charge in [0.2, 0.25) is 11.8 Å². The van der Waals surface area contributed by atoms with E-state index in [1.807, 2.05) is 24.3 Å². The van der Waals surface area contributed by atoms with Gasteiger partial charge in [-0.1, -0.05) is 12.1 Å². The second-order valence-electron chi connectivity index (χ2n) is 4.65. The number of imidazole rings is 1. The molecule has 0 radical (unpaired) electrons. The molecule has 0 aliphatic rings. The summed E-state index contributed by atoms with van der Waals surface area (Å²) in [5.41, 5.74) is 2.09. The van der Waals surface area contributed by atoms with E-state index in [1.54, 1.807) is 19.4 Å². The quantitative estimate of drug-likeness (QED) is 0.679. The number of anilines is 1. The number of nitrogens with zero attached hydrogens (tertiary/aromatic N) is 3. The minimum atomic E-state index is 0.560. The zero-order valence-electron chi connectivity index (χ0n) is 11.8. The Labute approximate surface area is 122 Å². The molecular formula is C15H17N5O. The summed E-state index contributed by atoms with van der Waals surface area (Å²) in [6.07, 6.45) is 3.50. The Morgan fingerprint density at radius 1 is 1.19 bits per heavy atom. The van der Waals surface area contributed by atoms with E-state index in [0.29, 0.717) is 11.8 Å². The molecule has 2 aromatic heterocycles. The van der Waals surface area contributed by atoms with Gasteiger partial charge in [-0.05, 0) is 18.6 Å². The number of hydrogen-bond acceptors (Lipinski definition) is 5. The number of aromatic amines is 1. The highest BCUT2D eigenvalue weighted by molar-refractivity contribution is 5.74. The molecule has 3 aromatic rings. The van der Waals surface area contributed by atoms with Gasteiger partial charge >= 0.3 is 0 Å². The van der Waals surface area contributed by atoms with Crippen molar-refractivity contribution >= 4 is 17.0 Å². The van der Waals surface area contributed by atoms with Crippen LogP contribution in [0.3, 0.4) is 0 Å². The van der Waals surface area contributed by atoms with E-state index in [1.165, 1.54) is 0 Å². The lowest BCUT2D eigenvalue weighted by atomic mass is 10.3. The van der Waals surface area contributed by atoms with Crippen LogP contribution in [0.25, 0.3) is 11.0 Å². The van der Waals surface area contributed by atoms with Crippen LogP contribution in [0.4, 0.5) is 5.95 Å². The molecule has 3 rings (SSSR count). The van der Waals surface area contributed by atoms with Gasteiger partial charge in [-0.2, -0.15) is 4.98 Å². The van der Waals surface area contributed by atoms with Crippen LogP contribution in [0.2, 0.25) is 0 Å². The summed E-state index contributed by atoms with van der Waals surface area (Å²) in [5.74, 6) is 2.15. The number of H-pyrrole nitrogens is 1. The van der Waals surface area contributed by atoms with Crippen molar-refractivity contribution in [3.8, 4) is 5.88 Å². The van der Waals surface area contributed by atoms with Gasteiger partial charge in [-0.3, -0.25) is 0 Å². The predicted molar refractivity (Wildman–Crippen MR) is 81.5 cm³/mol. The molecular weight excluding hydrogens is 266 g/mol. The summed E-state index contributed by atoms with van der Waals surface area (Å²) in [6.45, 7) is 0.782. The van der Waals surface area contributed by atoms with Gasteiger partial charge in [-0.15, -0.1) is 0 Å². The molecule has 2 heterocycles. The van der Waals surface area contributed by atoms with Crippen molar-refractivity contribution in [3.63, 3.8) is 0 Å². The predicted octanol–water partition coefficient (Wildman–Crippen LogP) is 2.41. The molecule has 6 heteroatoms. The molecule has 0 bridgehead atoms. The van der Waals surface area contributed by atoms with E-state index in [9.17, 15) is 0 Å².